The Morgan fingerprint density at radius 1 is 0.688 bits per heavy atom. The summed E-state index contributed by atoms with van der Waals surface area (Å²) in [6.07, 6.45) is 0.857. The van der Waals surface area contributed by atoms with E-state index in [0.717, 1.165) is 29.3 Å². The molecule has 0 saturated heterocycles. The van der Waals surface area contributed by atoms with Crippen LogP contribution in [0.4, 0.5) is 0 Å². The Balaban J connectivity index is 1.58. The second-order valence-corrected chi connectivity index (χ2v) is 8.45. The summed E-state index contributed by atoms with van der Waals surface area (Å²) < 4.78 is 0. The van der Waals surface area contributed by atoms with Crippen LogP contribution in [0.5, 0.6) is 5.75 Å². The van der Waals surface area contributed by atoms with Gasteiger partial charge in [0, 0.05) is 23.7 Å². The van der Waals surface area contributed by atoms with E-state index in [1.165, 1.54) is 11.1 Å². The van der Waals surface area contributed by atoms with Crippen molar-refractivity contribution >= 4 is 10.8 Å². The molecular weight excluding hydrogens is 392 g/mol. The zero-order valence-electron chi connectivity index (χ0n) is 18.8. The van der Waals surface area contributed by atoms with E-state index in [-0.39, 0.29) is 18.1 Å². The fourth-order valence-electron chi connectivity index (χ4n) is 4.40. The lowest BCUT2D eigenvalue weighted by Gasteiger charge is -2.27. The van der Waals surface area contributed by atoms with E-state index in [4.69, 9.17) is 0 Å². The number of benzene rings is 4. The summed E-state index contributed by atoms with van der Waals surface area (Å²) in [5.41, 5.74) is 3.49. The highest BCUT2D eigenvalue weighted by molar-refractivity contribution is 5.88. The molecule has 0 aliphatic rings. The molecule has 4 aromatic rings. The normalized spacial score (nSPS) is 14.2. The first-order valence-corrected chi connectivity index (χ1v) is 11.4. The second kappa shape index (κ2) is 10.4. The summed E-state index contributed by atoms with van der Waals surface area (Å²) in [7, 11) is 0. The summed E-state index contributed by atoms with van der Waals surface area (Å²) in [5.74, 6) is 0.345. The molecule has 4 rings (SSSR count). The smallest absolute Gasteiger partial charge is 0.120 e. The molecule has 3 nitrogen and oxygen atoms in total. The first-order valence-electron chi connectivity index (χ1n) is 11.4. The van der Waals surface area contributed by atoms with Crippen molar-refractivity contribution in [2.24, 2.45) is 0 Å². The molecule has 164 valence electrons. The summed E-state index contributed by atoms with van der Waals surface area (Å²) in [4.78, 5) is 0. The van der Waals surface area contributed by atoms with Crippen LogP contribution in [0, 0.1) is 0 Å². The minimum atomic E-state index is 0.00628. The molecular formula is C29H32N2O. The van der Waals surface area contributed by atoms with Crippen LogP contribution >= 0.6 is 0 Å². The zero-order chi connectivity index (χ0) is 22.3. The molecule has 0 saturated carbocycles. The average Bonchev–Trinajstić information content (AvgIpc) is 2.84. The third kappa shape index (κ3) is 5.18. The number of aromatic hydroxyl groups is 1. The first kappa shape index (κ1) is 22.1. The van der Waals surface area contributed by atoms with Gasteiger partial charge in [0.25, 0.3) is 0 Å². The maximum atomic E-state index is 10.9. The third-order valence-corrected chi connectivity index (χ3v) is 6.23. The number of rotatable bonds is 9. The maximum Gasteiger partial charge on any atom is 0.120 e. The van der Waals surface area contributed by atoms with E-state index in [2.05, 4.69) is 85.1 Å². The van der Waals surface area contributed by atoms with Gasteiger partial charge in [0.05, 0.1) is 0 Å². The van der Waals surface area contributed by atoms with E-state index in [1.54, 1.807) is 0 Å². The highest BCUT2D eigenvalue weighted by Crippen LogP contribution is 2.35. The minimum Gasteiger partial charge on any atom is -0.508 e. The fraction of sp³-hybridized carbons (Fsp3) is 0.241. The maximum absolute atomic E-state index is 10.9. The van der Waals surface area contributed by atoms with Crippen LogP contribution in [0.3, 0.4) is 0 Å². The summed E-state index contributed by atoms with van der Waals surface area (Å²) in [6, 6.07) is 33.5. The van der Waals surface area contributed by atoms with Crippen LogP contribution < -0.4 is 10.6 Å². The van der Waals surface area contributed by atoms with Crippen LogP contribution in [-0.4, -0.2) is 11.7 Å². The Morgan fingerprint density at radius 3 is 1.97 bits per heavy atom. The molecule has 0 heterocycles. The van der Waals surface area contributed by atoms with E-state index in [0.29, 0.717) is 5.75 Å². The van der Waals surface area contributed by atoms with Gasteiger partial charge in [-0.2, -0.15) is 0 Å². The molecule has 0 aliphatic heterocycles. The summed E-state index contributed by atoms with van der Waals surface area (Å²) in [6.45, 7) is 5.21. The Kier molecular flexibility index (Phi) is 7.21. The number of hydrogen-bond donors (Lipinski definition) is 3. The van der Waals surface area contributed by atoms with Crippen LogP contribution in [0.15, 0.2) is 97.1 Å². The molecule has 4 aromatic carbocycles. The van der Waals surface area contributed by atoms with Crippen LogP contribution in [0.2, 0.25) is 0 Å². The van der Waals surface area contributed by atoms with Crippen molar-refractivity contribution in [1.29, 1.82) is 0 Å². The second-order valence-electron chi connectivity index (χ2n) is 8.45. The van der Waals surface area contributed by atoms with E-state index in [1.807, 2.05) is 36.4 Å². The number of nitrogens with one attached hydrogen (secondary N) is 2. The van der Waals surface area contributed by atoms with Crippen molar-refractivity contribution in [1.82, 2.24) is 10.6 Å². The molecule has 3 atom stereocenters. The van der Waals surface area contributed by atoms with Crippen molar-refractivity contribution in [3.63, 3.8) is 0 Å². The first-order chi connectivity index (χ1) is 15.6. The number of fused-ring (bicyclic) bond motifs is 1. The molecule has 0 fully saturated rings. The van der Waals surface area contributed by atoms with Crippen LogP contribution in [-0.2, 0) is 0 Å². The predicted octanol–water partition coefficient (Wildman–Crippen LogP) is 6.68. The lowest BCUT2D eigenvalue weighted by Crippen LogP contribution is -2.29. The van der Waals surface area contributed by atoms with Gasteiger partial charge in [0.1, 0.15) is 5.75 Å². The average molecular weight is 425 g/mol. The lowest BCUT2D eigenvalue weighted by molar-refractivity contribution is 0.401. The fourth-order valence-corrected chi connectivity index (χ4v) is 4.40. The Morgan fingerprint density at radius 2 is 1.28 bits per heavy atom. The molecule has 0 aromatic heterocycles. The zero-order valence-corrected chi connectivity index (χ0v) is 18.8. The molecule has 0 unspecified atom stereocenters. The van der Waals surface area contributed by atoms with Gasteiger partial charge in [-0.05, 0) is 54.8 Å². The molecule has 0 radical (unpaired) electrons. The van der Waals surface area contributed by atoms with Crippen molar-refractivity contribution in [2.75, 3.05) is 6.54 Å². The highest BCUT2D eigenvalue weighted by atomic mass is 16.3. The molecule has 0 amide bonds. The van der Waals surface area contributed by atoms with Crippen molar-refractivity contribution in [3.8, 4) is 5.75 Å². The van der Waals surface area contributed by atoms with Gasteiger partial charge in [-0.15, -0.1) is 0 Å². The number of phenols is 1. The molecule has 3 heteroatoms. The highest BCUT2D eigenvalue weighted by Gasteiger charge is 2.21. The van der Waals surface area contributed by atoms with Crippen molar-refractivity contribution in [2.45, 2.75) is 38.4 Å². The van der Waals surface area contributed by atoms with Crippen LogP contribution in [0.25, 0.3) is 10.8 Å². The molecule has 0 aliphatic carbocycles. The van der Waals surface area contributed by atoms with E-state index in [9.17, 15) is 5.11 Å². The molecule has 3 N–H and O–H groups in total. The van der Waals surface area contributed by atoms with Crippen LogP contribution in [0.1, 0.15) is 55.1 Å². The van der Waals surface area contributed by atoms with Gasteiger partial charge in [-0.1, -0.05) is 91.0 Å². The monoisotopic (exact) mass is 424 g/mol. The van der Waals surface area contributed by atoms with Gasteiger partial charge in [0.15, 0.2) is 0 Å². The van der Waals surface area contributed by atoms with E-state index >= 15 is 0 Å². The Hall–Kier alpha value is -3.14. The molecule has 0 spiro atoms. The van der Waals surface area contributed by atoms with Crippen molar-refractivity contribution in [3.05, 3.63) is 114 Å². The standard InChI is InChI=1S/C29H32N2O/c1-21(23-11-5-3-6-12-23)30-20-19-27(31-22(2)24-13-7-4-8-14-24)29-26-16-10-9-15-25(26)17-18-28(29)32/h3-18,21-22,27,30-32H,19-20H2,1-2H3/t21-,22-,27-/m1/s1. The number of hydrogen-bond acceptors (Lipinski definition) is 3. The summed E-state index contributed by atoms with van der Waals surface area (Å²) in [5, 5.41) is 20.6. The molecule has 0 bridgehead atoms. The van der Waals surface area contributed by atoms with E-state index < -0.39 is 0 Å². The van der Waals surface area contributed by atoms with Gasteiger partial charge >= 0.3 is 0 Å². The summed E-state index contributed by atoms with van der Waals surface area (Å²) >= 11 is 0. The SMILES string of the molecule is C[C@@H](NCC[C@@H](N[C@H](C)c1ccccc1)c1c(O)ccc2ccccc12)c1ccccc1. The Bertz CT molecular complexity index is 1130. The number of phenolic OH excluding ortho intramolecular Hbond substituents is 1. The quantitative estimate of drug-likeness (QED) is 0.281. The van der Waals surface area contributed by atoms with Gasteiger partial charge in [-0.3, -0.25) is 0 Å². The minimum absolute atomic E-state index is 0.00628. The third-order valence-electron chi connectivity index (χ3n) is 6.23. The largest absolute Gasteiger partial charge is 0.508 e. The van der Waals surface area contributed by atoms with Crippen molar-refractivity contribution < 1.29 is 5.11 Å². The van der Waals surface area contributed by atoms with Gasteiger partial charge in [0.2, 0.25) is 0 Å². The van der Waals surface area contributed by atoms with Gasteiger partial charge < -0.3 is 15.7 Å². The van der Waals surface area contributed by atoms with Gasteiger partial charge in [-0.25, -0.2) is 0 Å². The lowest BCUT2D eigenvalue weighted by atomic mass is 9.94. The molecule has 32 heavy (non-hydrogen) atoms. The predicted molar refractivity (Wildman–Crippen MR) is 134 cm³/mol. The topological polar surface area (TPSA) is 44.3 Å². The Labute approximate surface area is 191 Å².